The Morgan fingerprint density at radius 2 is 2.10 bits per heavy atom. The van der Waals surface area contributed by atoms with Crippen LogP contribution in [0.2, 0.25) is 0 Å². The number of carbonyl (C=O) groups excluding carboxylic acids is 2. The van der Waals surface area contributed by atoms with Crippen LogP contribution in [0.15, 0.2) is 0 Å². The first-order valence-electron chi connectivity index (χ1n) is 7.48. The molecule has 5 nitrogen and oxygen atoms in total. The van der Waals surface area contributed by atoms with Crippen LogP contribution >= 0.6 is 0 Å². The topological polar surface area (TPSA) is 61.4 Å². The van der Waals surface area contributed by atoms with E-state index >= 15 is 0 Å². The fraction of sp³-hybridized carbons (Fsp3) is 0.867. The number of urea groups is 1. The Hall–Kier alpha value is -1.26. The maximum absolute atomic E-state index is 11.9. The number of likely N-dealkylation sites (N-methyl/N-ethyl adjacent to an activating group) is 1. The van der Waals surface area contributed by atoms with Crippen LogP contribution in [-0.2, 0) is 4.79 Å². The van der Waals surface area contributed by atoms with E-state index in [1.54, 1.807) is 11.9 Å². The van der Waals surface area contributed by atoms with Crippen LogP contribution in [-0.4, -0.2) is 43.0 Å². The summed E-state index contributed by atoms with van der Waals surface area (Å²) in [5, 5.41) is 5.90. The molecule has 1 saturated heterocycles. The number of carbonyl (C=O) groups is 2. The molecule has 0 saturated carbocycles. The average Bonchev–Trinajstić information content (AvgIpc) is 2.30. The number of nitrogens with zero attached hydrogens (tertiary/aromatic N) is 1. The molecule has 0 aliphatic carbocycles. The first kappa shape index (κ1) is 16.8. The Kier molecular flexibility index (Phi) is 5.84. The van der Waals surface area contributed by atoms with Crippen LogP contribution in [0, 0.1) is 11.3 Å². The molecule has 0 bridgehead atoms. The van der Waals surface area contributed by atoms with Crippen LogP contribution in [0.3, 0.4) is 0 Å². The van der Waals surface area contributed by atoms with E-state index in [2.05, 4.69) is 38.3 Å². The monoisotopic (exact) mass is 283 g/mol. The number of likely N-dealkylation sites (tertiary alicyclic amines) is 1. The van der Waals surface area contributed by atoms with Gasteiger partial charge in [0.2, 0.25) is 5.91 Å². The quantitative estimate of drug-likeness (QED) is 0.810. The molecule has 116 valence electrons. The second-order valence-corrected chi connectivity index (χ2v) is 7.10. The highest BCUT2D eigenvalue weighted by atomic mass is 16.2. The number of rotatable bonds is 5. The van der Waals surface area contributed by atoms with Gasteiger partial charge in [-0.05, 0) is 24.2 Å². The Bertz CT molecular complexity index is 353. The summed E-state index contributed by atoms with van der Waals surface area (Å²) >= 11 is 0. The zero-order valence-electron chi connectivity index (χ0n) is 13.5. The minimum Gasteiger partial charge on any atom is -0.344 e. The van der Waals surface area contributed by atoms with Gasteiger partial charge in [-0.15, -0.1) is 0 Å². The van der Waals surface area contributed by atoms with Crippen LogP contribution < -0.4 is 10.6 Å². The van der Waals surface area contributed by atoms with Crippen molar-refractivity contribution in [2.45, 2.75) is 53.0 Å². The Labute approximate surface area is 122 Å². The van der Waals surface area contributed by atoms with Gasteiger partial charge >= 0.3 is 6.03 Å². The molecular weight excluding hydrogens is 254 g/mol. The minimum atomic E-state index is -0.130. The molecule has 1 aliphatic rings. The van der Waals surface area contributed by atoms with Gasteiger partial charge in [-0.2, -0.15) is 0 Å². The number of hydrogen-bond donors (Lipinski definition) is 2. The zero-order chi connectivity index (χ0) is 15.3. The molecule has 0 aromatic carbocycles. The molecule has 0 unspecified atom stereocenters. The first-order valence-corrected chi connectivity index (χ1v) is 7.48. The van der Waals surface area contributed by atoms with E-state index < -0.39 is 0 Å². The predicted molar refractivity (Wildman–Crippen MR) is 80.4 cm³/mol. The third kappa shape index (κ3) is 5.80. The van der Waals surface area contributed by atoms with Gasteiger partial charge < -0.3 is 15.5 Å². The van der Waals surface area contributed by atoms with Crippen molar-refractivity contribution < 1.29 is 9.59 Å². The third-order valence-electron chi connectivity index (χ3n) is 3.65. The van der Waals surface area contributed by atoms with Gasteiger partial charge in [0.25, 0.3) is 0 Å². The Morgan fingerprint density at radius 1 is 1.45 bits per heavy atom. The van der Waals surface area contributed by atoms with Gasteiger partial charge in [-0.1, -0.05) is 27.7 Å². The highest BCUT2D eigenvalue weighted by molar-refractivity contribution is 5.78. The fourth-order valence-electron chi connectivity index (χ4n) is 2.86. The lowest BCUT2D eigenvalue weighted by Gasteiger charge is -2.31. The molecule has 0 spiro atoms. The van der Waals surface area contributed by atoms with E-state index in [-0.39, 0.29) is 23.4 Å². The molecule has 20 heavy (non-hydrogen) atoms. The highest BCUT2D eigenvalue weighted by Gasteiger charge is 2.25. The van der Waals surface area contributed by atoms with Crippen molar-refractivity contribution in [3.05, 3.63) is 0 Å². The van der Waals surface area contributed by atoms with Gasteiger partial charge in [0.15, 0.2) is 0 Å². The number of nitrogens with one attached hydrogen (secondary N) is 2. The van der Waals surface area contributed by atoms with Crippen molar-refractivity contribution in [1.82, 2.24) is 15.5 Å². The fourth-order valence-corrected chi connectivity index (χ4v) is 2.86. The van der Waals surface area contributed by atoms with Gasteiger partial charge in [-0.3, -0.25) is 4.79 Å². The largest absolute Gasteiger partial charge is 0.344 e. The van der Waals surface area contributed by atoms with Crippen LogP contribution in [0.1, 0.15) is 47.0 Å². The highest BCUT2D eigenvalue weighted by Crippen LogP contribution is 2.23. The normalized spacial score (nSPS) is 20.2. The molecular formula is C15H29N3O2. The lowest BCUT2D eigenvalue weighted by molar-refractivity contribution is -0.132. The van der Waals surface area contributed by atoms with E-state index in [0.717, 1.165) is 12.8 Å². The molecule has 0 aromatic heterocycles. The van der Waals surface area contributed by atoms with Gasteiger partial charge in [0, 0.05) is 32.6 Å². The molecule has 1 atom stereocenters. The van der Waals surface area contributed by atoms with E-state index in [1.165, 1.54) is 0 Å². The van der Waals surface area contributed by atoms with E-state index in [1.807, 2.05) is 0 Å². The van der Waals surface area contributed by atoms with E-state index in [9.17, 15) is 9.59 Å². The first-order chi connectivity index (χ1) is 9.19. The summed E-state index contributed by atoms with van der Waals surface area (Å²) < 4.78 is 0. The SMILES string of the molecule is CC(C)CC(C)(C)CNC(=O)N[C@H]1CCC(=O)N(C)C1. The van der Waals surface area contributed by atoms with Crippen LogP contribution in [0.4, 0.5) is 4.79 Å². The molecule has 1 rings (SSSR count). The molecule has 1 fully saturated rings. The second-order valence-electron chi connectivity index (χ2n) is 7.10. The van der Waals surface area contributed by atoms with Crippen molar-refractivity contribution in [2.75, 3.05) is 20.1 Å². The summed E-state index contributed by atoms with van der Waals surface area (Å²) in [4.78, 5) is 25.0. The minimum absolute atomic E-state index is 0.0610. The zero-order valence-corrected chi connectivity index (χ0v) is 13.5. The van der Waals surface area contributed by atoms with Crippen molar-refractivity contribution in [2.24, 2.45) is 11.3 Å². The van der Waals surface area contributed by atoms with Gasteiger partial charge in [0.05, 0.1) is 0 Å². The lowest BCUT2D eigenvalue weighted by atomic mass is 9.84. The summed E-state index contributed by atoms with van der Waals surface area (Å²) in [5.41, 5.74) is 0.102. The van der Waals surface area contributed by atoms with Crippen molar-refractivity contribution in [1.29, 1.82) is 0 Å². The second kappa shape index (κ2) is 6.95. The van der Waals surface area contributed by atoms with E-state index in [0.29, 0.717) is 25.4 Å². The van der Waals surface area contributed by atoms with Crippen LogP contribution in [0.25, 0.3) is 0 Å². The number of hydrogen-bond acceptors (Lipinski definition) is 2. The Balaban J connectivity index is 2.32. The molecule has 1 aliphatic heterocycles. The predicted octanol–water partition coefficient (Wildman–Crippen LogP) is 1.98. The lowest BCUT2D eigenvalue weighted by Crippen LogP contribution is -2.52. The molecule has 0 radical (unpaired) electrons. The summed E-state index contributed by atoms with van der Waals surface area (Å²) in [5.74, 6) is 0.773. The average molecular weight is 283 g/mol. The maximum Gasteiger partial charge on any atom is 0.315 e. The summed E-state index contributed by atoms with van der Waals surface area (Å²) in [6.07, 6.45) is 2.32. The summed E-state index contributed by atoms with van der Waals surface area (Å²) in [6.45, 7) is 9.98. The molecule has 1 heterocycles. The van der Waals surface area contributed by atoms with Crippen LogP contribution in [0.5, 0.6) is 0 Å². The van der Waals surface area contributed by atoms with Gasteiger partial charge in [-0.25, -0.2) is 4.79 Å². The maximum atomic E-state index is 11.9. The number of amides is 3. The molecule has 0 aromatic rings. The summed E-state index contributed by atoms with van der Waals surface area (Å²) in [7, 11) is 1.78. The molecule has 5 heteroatoms. The van der Waals surface area contributed by atoms with Crippen molar-refractivity contribution in [3.63, 3.8) is 0 Å². The van der Waals surface area contributed by atoms with Crippen molar-refractivity contribution >= 4 is 11.9 Å². The number of piperidine rings is 1. The van der Waals surface area contributed by atoms with E-state index in [4.69, 9.17) is 0 Å². The molecule has 2 N–H and O–H groups in total. The van der Waals surface area contributed by atoms with Gasteiger partial charge in [0.1, 0.15) is 0 Å². The summed E-state index contributed by atoms with van der Waals surface area (Å²) in [6, 6.07) is -0.0690. The third-order valence-corrected chi connectivity index (χ3v) is 3.65. The van der Waals surface area contributed by atoms with Crippen molar-refractivity contribution in [3.8, 4) is 0 Å². The standard InChI is InChI=1S/C15H29N3O2/c1-11(2)8-15(3,4)10-16-14(20)17-12-6-7-13(19)18(5)9-12/h11-12H,6-10H2,1-5H3,(H2,16,17,20)/t12-/m0/s1. The molecule has 3 amide bonds. The Morgan fingerprint density at radius 3 is 2.65 bits per heavy atom. The smallest absolute Gasteiger partial charge is 0.315 e.